The number of ether oxygens (including phenoxy) is 1. The molecule has 31 heavy (non-hydrogen) atoms. The Balaban J connectivity index is 1.33. The number of rotatable bonds is 8. The zero-order valence-electron chi connectivity index (χ0n) is 18.4. The maximum Gasteiger partial charge on any atom is 0.227 e. The first-order valence-corrected chi connectivity index (χ1v) is 10.9. The molecule has 1 aliphatic heterocycles. The lowest BCUT2D eigenvalue weighted by Crippen LogP contribution is -2.50. The van der Waals surface area contributed by atoms with Gasteiger partial charge in [-0.2, -0.15) is 0 Å². The molecule has 0 aliphatic carbocycles. The summed E-state index contributed by atoms with van der Waals surface area (Å²) in [6.45, 7) is 6.88. The second-order valence-corrected chi connectivity index (χ2v) is 8.14. The molecule has 2 aromatic carbocycles. The van der Waals surface area contributed by atoms with Crippen LogP contribution in [0.5, 0.6) is 5.75 Å². The molecule has 5 nitrogen and oxygen atoms in total. The number of benzene rings is 2. The van der Waals surface area contributed by atoms with E-state index in [1.807, 2.05) is 24.8 Å². The standard InChI is InChI=1S/C25H31FN2O3/c1-19-6-7-20(2)23(17-19)31-16-4-3-5-24(29)27-12-14-28(15-13-27)25(30)18-21-8-10-22(26)11-9-21/h6-11,17H,3-5,12-16,18H2,1-2H3. The van der Waals surface area contributed by atoms with E-state index in [1.165, 1.54) is 17.7 Å². The van der Waals surface area contributed by atoms with E-state index in [2.05, 4.69) is 12.1 Å². The Kier molecular flexibility index (Phi) is 8.04. The molecule has 3 rings (SSSR count). The summed E-state index contributed by atoms with van der Waals surface area (Å²) >= 11 is 0. The third-order valence-electron chi connectivity index (χ3n) is 5.64. The topological polar surface area (TPSA) is 49.9 Å². The highest BCUT2D eigenvalue weighted by Crippen LogP contribution is 2.19. The molecule has 0 aromatic heterocycles. The van der Waals surface area contributed by atoms with Crippen LogP contribution >= 0.6 is 0 Å². The van der Waals surface area contributed by atoms with Crippen molar-refractivity contribution < 1.29 is 18.7 Å². The van der Waals surface area contributed by atoms with E-state index in [1.54, 1.807) is 17.0 Å². The van der Waals surface area contributed by atoms with E-state index in [0.29, 0.717) is 39.2 Å². The molecule has 1 heterocycles. The van der Waals surface area contributed by atoms with Crippen LogP contribution < -0.4 is 4.74 Å². The number of carbonyl (C=O) groups is 2. The molecule has 0 spiro atoms. The first kappa shape index (κ1) is 22.8. The molecule has 0 N–H and O–H groups in total. The Morgan fingerprint density at radius 3 is 2.23 bits per heavy atom. The number of nitrogens with zero attached hydrogens (tertiary/aromatic N) is 2. The zero-order valence-corrected chi connectivity index (χ0v) is 18.4. The summed E-state index contributed by atoms with van der Waals surface area (Å²) in [4.78, 5) is 28.5. The third kappa shape index (κ3) is 6.81. The van der Waals surface area contributed by atoms with Gasteiger partial charge in [0.05, 0.1) is 13.0 Å². The second-order valence-electron chi connectivity index (χ2n) is 8.14. The summed E-state index contributed by atoms with van der Waals surface area (Å²) < 4.78 is 18.8. The van der Waals surface area contributed by atoms with Crippen molar-refractivity contribution in [1.82, 2.24) is 9.80 Å². The first-order chi connectivity index (χ1) is 14.9. The van der Waals surface area contributed by atoms with Crippen molar-refractivity contribution in [2.45, 2.75) is 39.5 Å². The van der Waals surface area contributed by atoms with Crippen LogP contribution in [0.25, 0.3) is 0 Å². The third-order valence-corrected chi connectivity index (χ3v) is 5.64. The molecule has 0 radical (unpaired) electrons. The van der Waals surface area contributed by atoms with Gasteiger partial charge in [0.2, 0.25) is 11.8 Å². The van der Waals surface area contributed by atoms with Gasteiger partial charge in [-0.15, -0.1) is 0 Å². The highest BCUT2D eigenvalue weighted by molar-refractivity contribution is 5.80. The molecule has 2 aromatic rings. The molecular formula is C25H31FN2O3. The van der Waals surface area contributed by atoms with Crippen molar-refractivity contribution in [2.75, 3.05) is 32.8 Å². The van der Waals surface area contributed by atoms with Gasteiger partial charge in [0.1, 0.15) is 11.6 Å². The Morgan fingerprint density at radius 1 is 0.903 bits per heavy atom. The van der Waals surface area contributed by atoms with Gasteiger partial charge in [0, 0.05) is 32.6 Å². The van der Waals surface area contributed by atoms with E-state index in [9.17, 15) is 14.0 Å². The fourth-order valence-electron chi connectivity index (χ4n) is 3.68. The highest BCUT2D eigenvalue weighted by Gasteiger charge is 2.23. The van der Waals surface area contributed by atoms with Crippen molar-refractivity contribution in [2.24, 2.45) is 0 Å². The predicted octanol–water partition coefficient (Wildman–Crippen LogP) is 3.91. The minimum Gasteiger partial charge on any atom is -0.493 e. The number of halogens is 1. The number of hydrogen-bond donors (Lipinski definition) is 0. The maximum atomic E-state index is 13.0. The highest BCUT2D eigenvalue weighted by atomic mass is 19.1. The maximum absolute atomic E-state index is 13.0. The molecule has 0 unspecified atom stereocenters. The van der Waals surface area contributed by atoms with Gasteiger partial charge in [0.15, 0.2) is 0 Å². The smallest absolute Gasteiger partial charge is 0.227 e. The van der Waals surface area contributed by atoms with Gasteiger partial charge < -0.3 is 14.5 Å². The van der Waals surface area contributed by atoms with Crippen LogP contribution in [0.4, 0.5) is 4.39 Å². The average molecular weight is 427 g/mol. The van der Waals surface area contributed by atoms with Crippen LogP contribution in [0.2, 0.25) is 0 Å². The van der Waals surface area contributed by atoms with Crippen LogP contribution in [-0.2, 0) is 16.0 Å². The lowest BCUT2D eigenvalue weighted by molar-refractivity contribution is -0.139. The summed E-state index contributed by atoms with van der Waals surface area (Å²) in [5.74, 6) is 0.757. The van der Waals surface area contributed by atoms with Crippen LogP contribution in [-0.4, -0.2) is 54.4 Å². The first-order valence-electron chi connectivity index (χ1n) is 10.9. The molecule has 0 atom stereocenters. The fourth-order valence-corrected chi connectivity index (χ4v) is 3.68. The Labute approximate surface area is 183 Å². The number of carbonyl (C=O) groups excluding carboxylic acids is 2. The molecule has 0 bridgehead atoms. The average Bonchev–Trinajstić information content (AvgIpc) is 2.77. The molecule has 1 saturated heterocycles. The minimum atomic E-state index is -0.305. The summed E-state index contributed by atoms with van der Waals surface area (Å²) in [6.07, 6.45) is 2.37. The summed E-state index contributed by atoms with van der Waals surface area (Å²) in [6, 6.07) is 12.2. The van der Waals surface area contributed by atoms with E-state index >= 15 is 0 Å². The minimum absolute atomic E-state index is 0.0160. The number of unbranched alkanes of at least 4 members (excludes halogenated alkanes) is 1. The Hall–Kier alpha value is -2.89. The lowest BCUT2D eigenvalue weighted by atomic mass is 10.1. The quantitative estimate of drug-likeness (QED) is 0.602. The number of amides is 2. The van der Waals surface area contributed by atoms with Crippen molar-refractivity contribution in [1.29, 1.82) is 0 Å². The molecule has 2 amide bonds. The van der Waals surface area contributed by atoms with Gasteiger partial charge >= 0.3 is 0 Å². The Bertz CT molecular complexity index is 890. The van der Waals surface area contributed by atoms with Crippen molar-refractivity contribution >= 4 is 11.8 Å². The van der Waals surface area contributed by atoms with Crippen LogP contribution in [0, 0.1) is 19.7 Å². The van der Waals surface area contributed by atoms with Crippen molar-refractivity contribution in [3.05, 3.63) is 65.0 Å². The molecule has 0 saturated carbocycles. The summed E-state index contributed by atoms with van der Waals surface area (Å²) in [5.41, 5.74) is 3.09. The summed E-state index contributed by atoms with van der Waals surface area (Å²) in [7, 11) is 0. The van der Waals surface area contributed by atoms with Gasteiger partial charge in [-0.05, 0) is 61.6 Å². The molecule has 6 heteroatoms. The van der Waals surface area contributed by atoms with E-state index in [4.69, 9.17) is 4.74 Å². The predicted molar refractivity (Wildman–Crippen MR) is 119 cm³/mol. The van der Waals surface area contributed by atoms with Crippen molar-refractivity contribution in [3.63, 3.8) is 0 Å². The van der Waals surface area contributed by atoms with E-state index in [-0.39, 0.29) is 24.1 Å². The SMILES string of the molecule is Cc1ccc(C)c(OCCCCC(=O)N2CCN(C(=O)Cc3ccc(F)cc3)CC2)c1. The van der Waals surface area contributed by atoms with Gasteiger partial charge in [0.25, 0.3) is 0 Å². The Morgan fingerprint density at radius 2 is 1.55 bits per heavy atom. The largest absolute Gasteiger partial charge is 0.493 e. The normalized spacial score (nSPS) is 13.9. The molecule has 166 valence electrons. The molecular weight excluding hydrogens is 395 g/mol. The van der Waals surface area contributed by atoms with Crippen LogP contribution in [0.3, 0.4) is 0 Å². The summed E-state index contributed by atoms with van der Waals surface area (Å²) in [5, 5.41) is 0. The van der Waals surface area contributed by atoms with E-state index in [0.717, 1.165) is 29.7 Å². The number of aryl methyl sites for hydroxylation is 2. The van der Waals surface area contributed by atoms with Crippen LogP contribution in [0.15, 0.2) is 42.5 Å². The monoisotopic (exact) mass is 426 g/mol. The van der Waals surface area contributed by atoms with Gasteiger partial charge in [-0.25, -0.2) is 4.39 Å². The van der Waals surface area contributed by atoms with Crippen LogP contribution in [0.1, 0.15) is 36.0 Å². The van der Waals surface area contributed by atoms with E-state index < -0.39 is 0 Å². The van der Waals surface area contributed by atoms with Gasteiger partial charge in [-0.3, -0.25) is 9.59 Å². The number of piperazine rings is 1. The second kappa shape index (κ2) is 10.9. The zero-order chi connectivity index (χ0) is 22.2. The lowest BCUT2D eigenvalue weighted by Gasteiger charge is -2.35. The van der Waals surface area contributed by atoms with Crippen molar-refractivity contribution in [3.8, 4) is 5.75 Å². The number of hydrogen-bond acceptors (Lipinski definition) is 3. The molecule has 1 fully saturated rings. The van der Waals surface area contributed by atoms with Gasteiger partial charge in [-0.1, -0.05) is 24.3 Å². The fraction of sp³-hybridized carbons (Fsp3) is 0.440. The molecule has 1 aliphatic rings.